The predicted octanol–water partition coefficient (Wildman–Crippen LogP) is 2.30. The molecule has 0 aliphatic heterocycles. The summed E-state index contributed by atoms with van der Waals surface area (Å²) in [5, 5.41) is 10.8. The molecular formula is C19H29N5O2. The summed E-state index contributed by atoms with van der Waals surface area (Å²) in [6.07, 6.45) is 4.70. The number of methoxy groups -OCH3 is 1. The first-order chi connectivity index (χ1) is 12.7. The first kappa shape index (κ1) is 19.6. The molecule has 1 heterocycles. The van der Waals surface area contributed by atoms with Crippen LogP contribution < -0.4 is 20.1 Å². The van der Waals surface area contributed by atoms with Gasteiger partial charge >= 0.3 is 0 Å². The van der Waals surface area contributed by atoms with Crippen LogP contribution in [0.15, 0.2) is 47.7 Å². The zero-order valence-electron chi connectivity index (χ0n) is 15.8. The van der Waals surface area contributed by atoms with E-state index in [2.05, 4.69) is 27.6 Å². The van der Waals surface area contributed by atoms with Gasteiger partial charge in [-0.05, 0) is 38.5 Å². The van der Waals surface area contributed by atoms with E-state index in [9.17, 15) is 0 Å². The van der Waals surface area contributed by atoms with E-state index in [1.54, 1.807) is 13.3 Å². The van der Waals surface area contributed by atoms with E-state index in [0.717, 1.165) is 43.5 Å². The molecule has 2 rings (SSSR count). The van der Waals surface area contributed by atoms with Gasteiger partial charge in [-0.2, -0.15) is 5.10 Å². The molecule has 142 valence electrons. The second kappa shape index (κ2) is 11.0. The molecule has 0 radical (unpaired) electrons. The van der Waals surface area contributed by atoms with E-state index in [-0.39, 0.29) is 6.10 Å². The zero-order chi connectivity index (χ0) is 18.6. The highest BCUT2D eigenvalue weighted by Gasteiger charge is 2.05. The predicted molar refractivity (Wildman–Crippen MR) is 104 cm³/mol. The summed E-state index contributed by atoms with van der Waals surface area (Å²) in [6, 6.07) is 9.53. The first-order valence-electron chi connectivity index (χ1n) is 9.01. The molecule has 1 aromatic carbocycles. The van der Waals surface area contributed by atoms with Crippen molar-refractivity contribution in [2.24, 2.45) is 4.99 Å². The number of aliphatic imine (C=N–C) groups is 1. The van der Waals surface area contributed by atoms with Gasteiger partial charge in [-0.25, -0.2) is 4.99 Å². The first-order valence-corrected chi connectivity index (χ1v) is 9.01. The number of hydrogen-bond donors (Lipinski definition) is 2. The summed E-state index contributed by atoms with van der Waals surface area (Å²) in [7, 11) is 1.65. The van der Waals surface area contributed by atoms with Crippen molar-refractivity contribution in [3.8, 4) is 11.5 Å². The third-order valence-electron chi connectivity index (χ3n) is 3.64. The molecule has 2 N–H and O–H groups in total. The van der Waals surface area contributed by atoms with Gasteiger partial charge < -0.3 is 20.1 Å². The van der Waals surface area contributed by atoms with Crippen molar-refractivity contribution >= 4 is 5.96 Å². The van der Waals surface area contributed by atoms with E-state index in [4.69, 9.17) is 9.47 Å². The molecule has 0 saturated heterocycles. The maximum atomic E-state index is 5.91. The number of rotatable bonds is 10. The largest absolute Gasteiger partial charge is 0.497 e. The Kier molecular flexibility index (Phi) is 8.32. The van der Waals surface area contributed by atoms with E-state index >= 15 is 0 Å². The van der Waals surface area contributed by atoms with Crippen LogP contribution in [-0.4, -0.2) is 48.6 Å². The van der Waals surface area contributed by atoms with Crippen LogP contribution >= 0.6 is 0 Å². The Balaban J connectivity index is 1.76. The maximum Gasteiger partial charge on any atom is 0.191 e. The molecule has 0 fully saturated rings. The molecule has 1 unspecified atom stereocenters. The van der Waals surface area contributed by atoms with E-state index < -0.39 is 0 Å². The maximum absolute atomic E-state index is 5.91. The van der Waals surface area contributed by atoms with E-state index in [0.29, 0.717) is 6.54 Å². The van der Waals surface area contributed by atoms with Gasteiger partial charge in [0.1, 0.15) is 17.6 Å². The molecule has 26 heavy (non-hydrogen) atoms. The van der Waals surface area contributed by atoms with Crippen LogP contribution in [0.2, 0.25) is 0 Å². The number of ether oxygens (including phenoxy) is 2. The van der Waals surface area contributed by atoms with Gasteiger partial charge in [-0.1, -0.05) is 6.07 Å². The Bertz CT molecular complexity index is 658. The van der Waals surface area contributed by atoms with Crippen molar-refractivity contribution < 1.29 is 9.47 Å². The SMILES string of the molecule is CCNC(=NCC(C)Oc1cccc(OC)c1)NCCCn1cccn1. The minimum absolute atomic E-state index is 0.0402. The summed E-state index contributed by atoms with van der Waals surface area (Å²) < 4.78 is 13.0. The molecular weight excluding hydrogens is 330 g/mol. The monoisotopic (exact) mass is 359 g/mol. The molecule has 2 aromatic rings. The van der Waals surface area contributed by atoms with Crippen LogP contribution in [0.4, 0.5) is 0 Å². The number of aryl methyl sites for hydroxylation is 1. The third kappa shape index (κ3) is 7.04. The average molecular weight is 359 g/mol. The standard InChI is InChI=1S/C19H29N5O2/c1-4-20-19(21-10-6-12-24-13-7-11-23-24)22-15-16(2)26-18-9-5-8-17(14-18)25-3/h5,7-9,11,13-14,16H,4,6,10,12,15H2,1-3H3,(H2,20,21,22). The summed E-state index contributed by atoms with van der Waals surface area (Å²) in [5.41, 5.74) is 0. The van der Waals surface area contributed by atoms with Crippen LogP contribution in [0.1, 0.15) is 20.3 Å². The second-order valence-electron chi connectivity index (χ2n) is 5.88. The van der Waals surface area contributed by atoms with Gasteiger partial charge in [0.25, 0.3) is 0 Å². The molecule has 0 aliphatic carbocycles. The lowest BCUT2D eigenvalue weighted by Gasteiger charge is -2.15. The number of benzene rings is 1. The number of aromatic nitrogens is 2. The van der Waals surface area contributed by atoms with Gasteiger partial charge in [0.2, 0.25) is 0 Å². The smallest absolute Gasteiger partial charge is 0.191 e. The molecule has 7 heteroatoms. The van der Waals surface area contributed by atoms with Gasteiger partial charge in [0.15, 0.2) is 5.96 Å². The Morgan fingerprint density at radius 3 is 2.85 bits per heavy atom. The minimum atomic E-state index is -0.0402. The molecule has 1 atom stereocenters. The highest BCUT2D eigenvalue weighted by atomic mass is 16.5. The molecule has 1 aromatic heterocycles. The van der Waals surface area contributed by atoms with Crippen LogP contribution in [0.5, 0.6) is 11.5 Å². The summed E-state index contributed by atoms with van der Waals surface area (Å²) in [5.74, 6) is 2.36. The fourth-order valence-electron chi connectivity index (χ4n) is 2.39. The van der Waals surface area contributed by atoms with Gasteiger partial charge in [0, 0.05) is 38.1 Å². The van der Waals surface area contributed by atoms with Crippen molar-refractivity contribution in [1.29, 1.82) is 0 Å². The van der Waals surface area contributed by atoms with Crippen molar-refractivity contribution in [3.05, 3.63) is 42.7 Å². The zero-order valence-corrected chi connectivity index (χ0v) is 15.8. The molecule has 0 saturated carbocycles. The van der Waals surface area contributed by atoms with Crippen molar-refractivity contribution in [1.82, 2.24) is 20.4 Å². The molecule has 0 aliphatic rings. The van der Waals surface area contributed by atoms with Crippen LogP contribution in [0.25, 0.3) is 0 Å². The Morgan fingerprint density at radius 1 is 1.27 bits per heavy atom. The number of hydrogen-bond acceptors (Lipinski definition) is 4. The lowest BCUT2D eigenvalue weighted by atomic mass is 10.3. The Labute approximate surface area is 155 Å². The average Bonchev–Trinajstić information content (AvgIpc) is 3.16. The summed E-state index contributed by atoms with van der Waals surface area (Å²) in [4.78, 5) is 4.60. The van der Waals surface area contributed by atoms with Crippen molar-refractivity contribution in [2.75, 3.05) is 26.7 Å². The fraction of sp³-hybridized carbons (Fsp3) is 0.474. The van der Waals surface area contributed by atoms with Crippen molar-refractivity contribution in [2.45, 2.75) is 32.9 Å². The lowest BCUT2D eigenvalue weighted by Crippen LogP contribution is -2.38. The molecule has 0 amide bonds. The molecule has 0 spiro atoms. The van der Waals surface area contributed by atoms with Gasteiger partial charge in [0.05, 0.1) is 13.7 Å². The van der Waals surface area contributed by atoms with Gasteiger partial charge in [-0.3, -0.25) is 4.68 Å². The number of nitrogens with one attached hydrogen (secondary N) is 2. The lowest BCUT2D eigenvalue weighted by molar-refractivity contribution is 0.229. The Morgan fingerprint density at radius 2 is 2.12 bits per heavy atom. The normalized spacial score (nSPS) is 12.5. The minimum Gasteiger partial charge on any atom is -0.497 e. The van der Waals surface area contributed by atoms with Crippen molar-refractivity contribution in [3.63, 3.8) is 0 Å². The molecule has 7 nitrogen and oxygen atoms in total. The topological polar surface area (TPSA) is 72.7 Å². The quantitative estimate of drug-likeness (QED) is 0.387. The van der Waals surface area contributed by atoms with E-state index in [1.807, 2.05) is 48.1 Å². The highest BCUT2D eigenvalue weighted by Crippen LogP contribution is 2.19. The van der Waals surface area contributed by atoms with Crippen LogP contribution in [-0.2, 0) is 6.54 Å². The second-order valence-corrected chi connectivity index (χ2v) is 5.88. The number of guanidine groups is 1. The Hall–Kier alpha value is -2.70. The highest BCUT2D eigenvalue weighted by molar-refractivity contribution is 5.79. The fourth-order valence-corrected chi connectivity index (χ4v) is 2.39. The number of nitrogens with zero attached hydrogens (tertiary/aromatic N) is 3. The third-order valence-corrected chi connectivity index (χ3v) is 3.64. The van der Waals surface area contributed by atoms with Crippen LogP contribution in [0.3, 0.4) is 0 Å². The molecule has 0 bridgehead atoms. The summed E-state index contributed by atoms with van der Waals surface area (Å²) in [6.45, 7) is 7.15. The van der Waals surface area contributed by atoms with Crippen LogP contribution in [0, 0.1) is 0 Å². The van der Waals surface area contributed by atoms with Gasteiger partial charge in [-0.15, -0.1) is 0 Å². The van der Waals surface area contributed by atoms with E-state index in [1.165, 1.54) is 0 Å². The summed E-state index contributed by atoms with van der Waals surface area (Å²) >= 11 is 0.